The van der Waals surface area contributed by atoms with Gasteiger partial charge in [-0.25, -0.2) is 0 Å². The maximum Gasteiger partial charge on any atom is 0.307 e. The Labute approximate surface area is 94.9 Å². The Bertz CT molecular complexity index is 318. The van der Waals surface area contributed by atoms with E-state index in [1.54, 1.807) is 0 Å². The van der Waals surface area contributed by atoms with Crippen LogP contribution in [0, 0.1) is 11.8 Å². The number of carbonyl (C=O) groups excluding carboxylic acids is 1. The average molecular weight is 223 g/mol. The van der Waals surface area contributed by atoms with Gasteiger partial charge in [-0.2, -0.15) is 0 Å². The van der Waals surface area contributed by atoms with Crippen LogP contribution in [0.1, 0.15) is 25.7 Å². The average Bonchev–Trinajstić information content (AvgIpc) is 2.81. The fourth-order valence-electron chi connectivity index (χ4n) is 2.53. The van der Waals surface area contributed by atoms with Crippen molar-refractivity contribution in [1.82, 2.24) is 4.90 Å². The van der Waals surface area contributed by atoms with Crippen LogP contribution in [0.3, 0.4) is 0 Å². The molecule has 0 bridgehead atoms. The second-order valence-electron chi connectivity index (χ2n) is 4.53. The predicted molar refractivity (Wildman–Crippen MR) is 58.8 cm³/mol. The molecule has 1 aliphatic carbocycles. The van der Waals surface area contributed by atoms with Crippen molar-refractivity contribution in [3.63, 3.8) is 0 Å². The molecule has 2 atom stereocenters. The molecule has 1 aliphatic heterocycles. The molecule has 1 fully saturated rings. The zero-order valence-corrected chi connectivity index (χ0v) is 9.26. The molecule has 4 nitrogen and oxygen atoms in total. The zero-order valence-electron chi connectivity index (χ0n) is 9.26. The van der Waals surface area contributed by atoms with Crippen LogP contribution in [0.2, 0.25) is 0 Å². The highest BCUT2D eigenvalue weighted by atomic mass is 16.4. The van der Waals surface area contributed by atoms with Crippen molar-refractivity contribution in [1.29, 1.82) is 0 Å². The first-order valence-electron chi connectivity index (χ1n) is 5.86. The zero-order chi connectivity index (χ0) is 11.5. The third kappa shape index (κ3) is 2.10. The molecule has 1 amide bonds. The molecule has 4 heteroatoms. The number of hydrogen-bond donors (Lipinski definition) is 1. The number of hydrogen-bond acceptors (Lipinski definition) is 2. The maximum atomic E-state index is 12.1. The van der Waals surface area contributed by atoms with Gasteiger partial charge < -0.3 is 10.0 Å². The molecule has 88 valence electrons. The first-order chi connectivity index (χ1) is 7.70. The van der Waals surface area contributed by atoms with Crippen LogP contribution >= 0.6 is 0 Å². The lowest BCUT2D eigenvalue weighted by atomic mass is 9.82. The van der Waals surface area contributed by atoms with E-state index in [1.807, 2.05) is 17.1 Å². The molecular formula is C12H17NO3. The van der Waals surface area contributed by atoms with Gasteiger partial charge in [-0.1, -0.05) is 12.2 Å². The molecule has 1 heterocycles. The molecule has 0 saturated carbocycles. The van der Waals surface area contributed by atoms with Gasteiger partial charge in [-0.3, -0.25) is 9.59 Å². The van der Waals surface area contributed by atoms with Crippen LogP contribution in [0.15, 0.2) is 12.2 Å². The van der Waals surface area contributed by atoms with Crippen LogP contribution in [0.5, 0.6) is 0 Å². The van der Waals surface area contributed by atoms with Crippen molar-refractivity contribution in [2.24, 2.45) is 11.8 Å². The van der Waals surface area contributed by atoms with Crippen LogP contribution in [0.25, 0.3) is 0 Å². The number of amides is 1. The third-order valence-corrected chi connectivity index (χ3v) is 3.48. The summed E-state index contributed by atoms with van der Waals surface area (Å²) in [6.07, 6.45) is 6.95. The standard InChI is InChI=1S/C12H17NO3/c14-11(13-7-3-4-8-13)9-5-1-2-6-10(9)12(15)16/h1-2,9-10H,3-8H2,(H,15,16)/t9-,10-/m0/s1. The third-order valence-electron chi connectivity index (χ3n) is 3.48. The van der Waals surface area contributed by atoms with Crippen molar-refractivity contribution >= 4 is 11.9 Å². The summed E-state index contributed by atoms with van der Waals surface area (Å²) < 4.78 is 0. The minimum Gasteiger partial charge on any atom is -0.481 e. The lowest BCUT2D eigenvalue weighted by molar-refractivity contribution is -0.150. The Morgan fingerprint density at radius 2 is 1.62 bits per heavy atom. The van der Waals surface area contributed by atoms with E-state index in [0.29, 0.717) is 12.8 Å². The molecule has 1 N–H and O–H groups in total. The van der Waals surface area contributed by atoms with E-state index in [2.05, 4.69) is 0 Å². The monoisotopic (exact) mass is 223 g/mol. The first kappa shape index (κ1) is 11.2. The molecule has 0 radical (unpaired) electrons. The number of nitrogens with zero attached hydrogens (tertiary/aromatic N) is 1. The first-order valence-corrected chi connectivity index (χ1v) is 5.86. The topological polar surface area (TPSA) is 57.6 Å². The summed E-state index contributed by atoms with van der Waals surface area (Å²) in [5.74, 6) is -1.69. The Morgan fingerprint density at radius 3 is 2.19 bits per heavy atom. The van der Waals surface area contributed by atoms with E-state index in [0.717, 1.165) is 25.9 Å². The molecule has 0 aromatic rings. The van der Waals surface area contributed by atoms with Crippen LogP contribution in [-0.2, 0) is 9.59 Å². The number of carboxylic acids is 1. The highest BCUT2D eigenvalue weighted by Crippen LogP contribution is 2.28. The Hall–Kier alpha value is -1.32. The summed E-state index contributed by atoms with van der Waals surface area (Å²) in [5.41, 5.74) is 0. The number of likely N-dealkylation sites (tertiary alicyclic amines) is 1. The molecule has 0 aromatic heterocycles. The van der Waals surface area contributed by atoms with E-state index >= 15 is 0 Å². The molecule has 16 heavy (non-hydrogen) atoms. The summed E-state index contributed by atoms with van der Waals surface area (Å²) >= 11 is 0. The minimum absolute atomic E-state index is 0.0363. The van der Waals surface area contributed by atoms with Crippen molar-refractivity contribution in [2.45, 2.75) is 25.7 Å². The quantitative estimate of drug-likeness (QED) is 0.717. The lowest BCUT2D eigenvalue weighted by Crippen LogP contribution is -2.40. The van der Waals surface area contributed by atoms with E-state index in [-0.39, 0.29) is 11.8 Å². The molecule has 0 spiro atoms. The van der Waals surface area contributed by atoms with Gasteiger partial charge in [0.05, 0.1) is 11.8 Å². The summed E-state index contributed by atoms with van der Waals surface area (Å²) in [6.45, 7) is 1.59. The maximum absolute atomic E-state index is 12.1. The number of allylic oxidation sites excluding steroid dienone is 2. The summed E-state index contributed by atoms with van der Waals surface area (Å²) in [4.78, 5) is 25.0. The highest BCUT2D eigenvalue weighted by molar-refractivity contribution is 5.85. The predicted octanol–water partition coefficient (Wildman–Crippen LogP) is 1.28. The highest BCUT2D eigenvalue weighted by Gasteiger charge is 2.36. The molecule has 0 aromatic carbocycles. The van der Waals surface area contributed by atoms with E-state index < -0.39 is 11.9 Å². The van der Waals surface area contributed by atoms with Gasteiger partial charge >= 0.3 is 5.97 Å². The number of carboxylic acid groups (broad SMARTS) is 1. The fourth-order valence-corrected chi connectivity index (χ4v) is 2.53. The van der Waals surface area contributed by atoms with Gasteiger partial charge in [0, 0.05) is 13.1 Å². The van der Waals surface area contributed by atoms with Gasteiger partial charge in [0.1, 0.15) is 0 Å². The Morgan fingerprint density at radius 1 is 1.06 bits per heavy atom. The minimum atomic E-state index is -0.845. The van der Waals surface area contributed by atoms with Gasteiger partial charge in [0.15, 0.2) is 0 Å². The van der Waals surface area contributed by atoms with Crippen molar-refractivity contribution in [3.05, 3.63) is 12.2 Å². The molecule has 1 saturated heterocycles. The Balaban J connectivity index is 2.08. The van der Waals surface area contributed by atoms with Crippen molar-refractivity contribution in [2.75, 3.05) is 13.1 Å². The SMILES string of the molecule is O=C(O)[C@H]1CC=CC[C@@H]1C(=O)N1CCCC1. The van der Waals surface area contributed by atoms with Gasteiger partial charge in [-0.05, 0) is 25.7 Å². The molecule has 2 rings (SSSR count). The second kappa shape index (κ2) is 4.68. The normalized spacial score (nSPS) is 29.4. The van der Waals surface area contributed by atoms with Crippen molar-refractivity contribution < 1.29 is 14.7 Å². The van der Waals surface area contributed by atoms with Crippen molar-refractivity contribution in [3.8, 4) is 0 Å². The summed E-state index contributed by atoms with van der Waals surface area (Å²) in [7, 11) is 0. The fraction of sp³-hybridized carbons (Fsp3) is 0.667. The lowest BCUT2D eigenvalue weighted by Gasteiger charge is -2.28. The van der Waals surface area contributed by atoms with E-state index in [1.165, 1.54) is 0 Å². The van der Waals surface area contributed by atoms with Crippen LogP contribution in [-0.4, -0.2) is 35.0 Å². The number of carbonyl (C=O) groups is 2. The molecular weight excluding hydrogens is 206 g/mol. The number of aliphatic carboxylic acids is 1. The summed E-state index contributed by atoms with van der Waals surface area (Å²) in [5, 5.41) is 9.10. The van der Waals surface area contributed by atoms with Gasteiger partial charge in [0.2, 0.25) is 5.91 Å². The van der Waals surface area contributed by atoms with Crippen LogP contribution in [0.4, 0.5) is 0 Å². The Kier molecular flexibility index (Phi) is 3.27. The van der Waals surface area contributed by atoms with Gasteiger partial charge in [0.25, 0.3) is 0 Å². The largest absolute Gasteiger partial charge is 0.481 e. The summed E-state index contributed by atoms with van der Waals surface area (Å²) in [6, 6.07) is 0. The number of rotatable bonds is 2. The second-order valence-corrected chi connectivity index (χ2v) is 4.53. The molecule has 0 unspecified atom stereocenters. The molecule has 2 aliphatic rings. The van der Waals surface area contributed by atoms with Crippen LogP contribution < -0.4 is 0 Å². The van der Waals surface area contributed by atoms with E-state index in [9.17, 15) is 9.59 Å². The van der Waals surface area contributed by atoms with Gasteiger partial charge in [-0.15, -0.1) is 0 Å². The smallest absolute Gasteiger partial charge is 0.307 e. The van der Waals surface area contributed by atoms with E-state index in [4.69, 9.17) is 5.11 Å².